The Morgan fingerprint density at radius 2 is 2.16 bits per heavy atom. The van der Waals surface area contributed by atoms with E-state index in [1.54, 1.807) is 6.92 Å². The highest BCUT2D eigenvalue weighted by atomic mass is 32.2. The molecule has 1 aromatic heterocycles. The number of nitrogens with zero attached hydrogens (tertiary/aromatic N) is 3. The zero-order chi connectivity index (χ0) is 14.0. The molecule has 0 radical (unpaired) electrons. The average molecular weight is 287 g/mol. The first-order chi connectivity index (χ1) is 8.95. The van der Waals surface area contributed by atoms with E-state index in [-0.39, 0.29) is 24.0 Å². The first kappa shape index (κ1) is 13.9. The summed E-state index contributed by atoms with van der Waals surface area (Å²) in [6.45, 7) is 2.29. The van der Waals surface area contributed by atoms with E-state index in [2.05, 4.69) is 4.98 Å². The summed E-state index contributed by atoms with van der Waals surface area (Å²) < 4.78 is 38.6. The van der Waals surface area contributed by atoms with Gasteiger partial charge in [-0.25, -0.2) is 12.8 Å². The molecule has 2 rings (SSSR count). The van der Waals surface area contributed by atoms with Crippen LogP contribution in [0.3, 0.4) is 0 Å². The summed E-state index contributed by atoms with van der Waals surface area (Å²) in [6.07, 6.45) is 2.37. The maximum Gasteiger partial charge on any atom is 0.246 e. The number of hydrogen-bond acceptors (Lipinski definition) is 4. The first-order valence-electron chi connectivity index (χ1n) is 5.83. The molecule has 0 N–H and O–H groups in total. The predicted molar refractivity (Wildman–Crippen MR) is 65.0 cm³/mol. The molecule has 1 aliphatic rings. The zero-order valence-corrected chi connectivity index (χ0v) is 11.2. The molecule has 1 aromatic rings. The van der Waals surface area contributed by atoms with Crippen molar-refractivity contribution in [3.05, 3.63) is 24.3 Å². The van der Waals surface area contributed by atoms with Gasteiger partial charge in [-0.2, -0.15) is 4.31 Å². The number of carbonyl (C=O) groups excluding carboxylic acids is 1. The van der Waals surface area contributed by atoms with Crippen molar-refractivity contribution in [1.29, 1.82) is 0 Å². The predicted octanol–water partition coefficient (Wildman–Crippen LogP) is 0.421. The SMILES string of the molecule is CCC(=O)N1CCN(S(=O)(=O)c2cncc(F)c2)C1. The Bertz CT molecular complexity index is 591. The minimum absolute atomic E-state index is 0.00548. The van der Waals surface area contributed by atoms with Crippen LogP contribution in [0.4, 0.5) is 4.39 Å². The molecule has 0 unspecified atom stereocenters. The number of amides is 1. The Morgan fingerprint density at radius 1 is 1.42 bits per heavy atom. The standard InChI is InChI=1S/C11H14FN3O3S/c1-2-11(16)14-3-4-15(8-14)19(17,18)10-5-9(12)6-13-7-10/h5-7H,2-4,8H2,1H3. The van der Waals surface area contributed by atoms with Crippen LogP contribution < -0.4 is 0 Å². The van der Waals surface area contributed by atoms with Gasteiger partial charge in [0, 0.05) is 25.7 Å². The summed E-state index contributed by atoms with van der Waals surface area (Å²) in [7, 11) is -3.80. The normalized spacial score (nSPS) is 16.8. The number of halogens is 1. The van der Waals surface area contributed by atoms with Crippen molar-refractivity contribution in [2.24, 2.45) is 0 Å². The summed E-state index contributed by atoms with van der Waals surface area (Å²) in [5.74, 6) is -0.808. The molecular weight excluding hydrogens is 273 g/mol. The molecule has 1 amide bonds. The highest BCUT2D eigenvalue weighted by Gasteiger charge is 2.33. The zero-order valence-electron chi connectivity index (χ0n) is 10.4. The fraction of sp³-hybridized carbons (Fsp3) is 0.455. The molecule has 0 bridgehead atoms. The smallest absolute Gasteiger partial charge is 0.246 e. The molecule has 19 heavy (non-hydrogen) atoms. The van der Waals surface area contributed by atoms with Gasteiger partial charge in [-0.15, -0.1) is 0 Å². The van der Waals surface area contributed by atoms with Gasteiger partial charge in [0.15, 0.2) is 0 Å². The van der Waals surface area contributed by atoms with Crippen molar-refractivity contribution in [1.82, 2.24) is 14.2 Å². The van der Waals surface area contributed by atoms with Crippen LogP contribution in [0.5, 0.6) is 0 Å². The van der Waals surface area contributed by atoms with E-state index in [0.717, 1.165) is 22.8 Å². The molecule has 104 valence electrons. The summed E-state index contributed by atoms with van der Waals surface area (Å²) in [4.78, 5) is 16.3. The molecule has 1 fully saturated rings. The third-order valence-electron chi connectivity index (χ3n) is 2.92. The van der Waals surface area contributed by atoms with Gasteiger partial charge < -0.3 is 4.90 Å². The van der Waals surface area contributed by atoms with Gasteiger partial charge in [0.2, 0.25) is 15.9 Å². The second kappa shape index (κ2) is 5.22. The fourth-order valence-corrected chi connectivity index (χ4v) is 3.24. The second-order valence-corrected chi connectivity index (χ2v) is 6.11. The van der Waals surface area contributed by atoms with Crippen molar-refractivity contribution >= 4 is 15.9 Å². The second-order valence-electron chi connectivity index (χ2n) is 4.17. The molecule has 0 saturated carbocycles. The monoisotopic (exact) mass is 287 g/mol. The van der Waals surface area contributed by atoms with Crippen LogP contribution in [0.1, 0.15) is 13.3 Å². The summed E-state index contributed by atoms with van der Waals surface area (Å²) in [5.41, 5.74) is 0. The van der Waals surface area contributed by atoms with E-state index in [1.165, 1.54) is 4.90 Å². The molecule has 2 heterocycles. The Hall–Kier alpha value is -1.54. The fourth-order valence-electron chi connectivity index (χ4n) is 1.87. The van der Waals surface area contributed by atoms with E-state index in [0.29, 0.717) is 13.0 Å². The Morgan fingerprint density at radius 3 is 2.79 bits per heavy atom. The molecule has 0 atom stereocenters. The molecule has 1 aliphatic heterocycles. The number of sulfonamides is 1. The van der Waals surface area contributed by atoms with Gasteiger partial charge >= 0.3 is 0 Å². The molecule has 1 saturated heterocycles. The largest absolute Gasteiger partial charge is 0.327 e. The van der Waals surface area contributed by atoms with E-state index >= 15 is 0 Å². The molecule has 0 spiro atoms. The van der Waals surface area contributed by atoms with Crippen molar-refractivity contribution in [2.45, 2.75) is 18.2 Å². The minimum Gasteiger partial charge on any atom is -0.327 e. The van der Waals surface area contributed by atoms with Crippen LogP contribution in [-0.2, 0) is 14.8 Å². The van der Waals surface area contributed by atoms with E-state index < -0.39 is 15.8 Å². The van der Waals surface area contributed by atoms with E-state index in [1.807, 2.05) is 0 Å². The molecular formula is C11H14FN3O3S. The topological polar surface area (TPSA) is 70.6 Å². The molecule has 8 heteroatoms. The maximum atomic E-state index is 13.0. The number of rotatable bonds is 3. The lowest BCUT2D eigenvalue weighted by Crippen LogP contribution is -2.33. The van der Waals surface area contributed by atoms with Crippen LogP contribution in [0, 0.1) is 5.82 Å². The third kappa shape index (κ3) is 2.74. The Labute approximate surface area is 110 Å². The number of pyridine rings is 1. The summed E-state index contributed by atoms with van der Waals surface area (Å²) in [6, 6.07) is 0.923. The third-order valence-corrected chi connectivity index (χ3v) is 4.72. The quantitative estimate of drug-likeness (QED) is 0.808. The summed E-state index contributed by atoms with van der Waals surface area (Å²) >= 11 is 0. The highest BCUT2D eigenvalue weighted by molar-refractivity contribution is 7.89. The minimum atomic E-state index is -3.80. The van der Waals surface area contributed by atoms with Crippen LogP contribution >= 0.6 is 0 Å². The van der Waals surface area contributed by atoms with Crippen LogP contribution in [-0.4, -0.2) is 48.3 Å². The lowest BCUT2D eigenvalue weighted by Gasteiger charge is -2.17. The average Bonchev–Trinajstić information content (AvgIpc) is 2.88. The summed E-state index contributed by atoms with van der Waals surface area (Å²) in [5, 5.41) is 0. The van der Waals surface area contributed by atoms with Gasteiger partial charge in [0.05, 0.1) is 12.9 Å². The molecule has 6 nitrogen and oxygen atoms in total. The van der Waals surface area contributed by atoms with E-state index in [4.69, 9.17) is 0 Å². The molecule has 0 aliphatic carbocycles. The van der Waals surface area contributed by atoms with E-state index in [9.17, 15) is 17.6 Å². The van der Waals surface area contributed by atoms with Crippen LogP contribution in [0.25, 0.3) is 0 Å². The van der Waals surface area contributed by atoms with Gasteiger partial charge in [-0.3, -0.25) is 9.78 Å². The first-order valence-corrected chi connectivity index (χ1v) is 7.27. The maximum absolute atomic E-state index is 13.0. The van der Waals surface area contributed by atoms with Crippen molar-refractivity contribution in [3.8, 4) is 0 Å². The van der Waals surface area contributed by atoms with Gasteiger partial charge in [0.25, 0.3) is 0 Å². The van der Waals surface area contributed by atoms with Crippen molar-refractivity contribution in [2.75, 3.05) is 19.8 Å². The Kier molecular flexibility index (Phi) is 3.81. The number of hydrogen-bond donors (Lipinski definition) is 0. The van der Waals surface area contributed by atoms with Gasteiger partial charge in [-0.1, -0.05) is 6.92 Å². The Balaban J connectivity index is 2.21. The lowest BCUT2D eigenvalue weighted by molar-refractivity contribution is -0.130. The van der Waals surface area contributed by atoms with Crippen molar-refractivity contribution in [3.63, 3.8) is 0 Å². The lowest BCUT2D eigenvalue weighted by atomic mass is 10.4. The number of aromatic nitrogens is 1. The van der Waals surface area contributed by atoms with Gasteiger partial charge in [0.1, 0.15) is 10.7 Å². The number of carbonyl (C=O) groups is 1. The molecule has 0 aromatic carbocycles. The van der Waals surface area contributed by atoms with Crippen LogP contribution in [0.15, 0.2) is 23.4 Å². The van der Waals surface area contributed by atoms with Gasteiger partial charge in [-0.05, 0) is 6.07 Å². The van der Waals surface area contributed by atoms with Crippen molar-refractivity contribution < 1.29 is 17.6 Å². The van der Waals surface area contributed by atoms with Crippen LogP contribution in [0.2, 0.25) is 0 Å². The highest BCUT2D eigenvalue weighted by Crippen LogP contribution is 2.19.